The highest BCUT2D eigenvalue weighted by Crippen LogP contribution is 2.44. The van der Waals surface area contributed by atoms with Crippen molar-refractivity contribution in [3.63, 3.8) is 0 Å². The van der Waals surface area contributed by atoms with Crippen LogP contribution in [0.15, 0.2) is 0 Å². The number of hydrogen-bond acceptors (Lipinski definition) is 3. The summed E-state index contributed by atoms with van der Waals surface area (Å²) in [5.74, 6) is -0.0248. The lowest BCUT2D eigenvalue weighted by atomic mass is 9.87. The minimum Gasteiger partial charge on any atom is -0.469 e. The van der Waals surface area contributed by atoms with Gasteiger partial charge in [-0.15, -0.1) is 0 Å². The lowest BCUT2D eigenvalue weighted by Gasteiger charge is -2.24. The summed E-state index contributed by atoms with van der Waals surface area (Å²) in [6, 6.07) is 0. The molecule has 0 aliphatic heterocycles. The number of amides is 1. The molecule has 1 aliphatic carbocycles. The van der Waals surface area contributed by atoms with Gasteiger partial charge in [-0.3, -0.25) is 9.59 Å². The highest BCUT2D eigenvalue weighted by molar-refractivity contribution is 5.94. The molecule has 0 unspecified atom stereocenters. The Kier molecular flexibility index (Phi) is 3.72. The first-order valence-electron chi connectivity index (χ1n) is 5.29. The van der Waals surface area contributed by atoms with E-state index in [1.165, 1.54) is 20.0 Å². The third-order valence-corrected chi connectivity index (χ3v) is 2.96. The lowest BCUT2D eigenvalue weighted by Crippen LogP contribution is -2.36. The molecule has 86 valence electrons. The number of hydrogen-bond donors (Lipinski definition) is 1. The Morgan fingerprint density at radius 3 is 2.47 bits per heavy atom. The maximum atomic E-state index is 11.3. The standard InChI is InChI=1S/C11H19NO3/c1-11(2,8-4-5-8)7-12-9(13)6-10(14)15-3/h8H,4-7H2,1-3H3,(H,12,13). The predicted molar refractivity (Wildman–Crippen MR) is 56.1 cm³/mol. The topological polar surface area (TPSA) is 55.4 Å². The molecule has 4 heteroatoms. The molecular formula is C11H19NO3. The van der Waals surface area contributed by atoms with Crippen LogP contribution in [0, 0.1) is 11.3 Å². The summed E-state index contributed by atoms with van der Waals surface area (Å²) in [5, 5.41) is 2.77. The van der Waals surface area contributed by atoms with E-state index in [4.69, 9.17) is 0 Å². The molecule has 0 spiro atoms. The molecule has 15 heavy (non-hydrogen) atoms. The van der Waals surface area contributed by atoms with Crippen LogP contribution < -0.4 is 5.32 Å². The van der Waals surface area contributed by atoms with E-state index in [2.05, 4.69) is 23.9 Å². The van der Waals surface area contributed by atoms with Crippen LogP contribution in [-0.2, 0) is 14.3 Å². The molecule has 1 fully saturated rings. The molecule has 0 aromatic rings. The van der Waals surface area contributed by atoms with Crippen molar-refractivity contribution in [2.24, 2.45) is 11.3 Å². The van der Waals surface area contributed by atoms with Gasteiger partial charge in [0.2, 0.25) is 5.91 Å². The van der Waals surface area contributed by atoms with Crippen molar-refractivity contribution in [1.82, 2.24) is 5.32 Å². The molecule has 0 bridgehead atoms. The van der Waals surface area contributed by atoms with E-state index in [0.29, 0.717) is 6.54 Å². The average Bonchev–Trinajstić information content (AvgIpc) is 2.98. The average molecular weight is 213 g/mol. The molecule has 0 atom stereocenters. The number of methoxy groups -OCH3 is 1. The van der Waals surface area contributed by atoms with Gasteiger partial charge >= 0.3 is 5.97 Å². The van der Waals surface area contributed by atoms with Crippen LogP contribution in [0.3, 0.4) is 0 Å². The molecule has 1 saturated carbocycles. The molecule has 0 aromatic heterocycles. The van der Waals surface area contributed by atoms with E-state index in [0.717, 1.165) is 5.92 Å². The number of ether oxygens (including phenoxy) is 1. The second-order valence-electron chi connectivity index (χ2n) is 4.79. The van der Waals surface area contributed by atoms with Crippen LogP contribution in [-0.4, -0.2) is 25.5 Å². The Labute approximate surface area is 90.4 Å². The molecule has 0 radical (unpaired) electrons. The van der Waals surface area contributed by atoms with Crippen LogP contribution in [0.25, 0.3) is 0 Å². The monoisotopic (exact) mass is 213 g/mol. The van der Waals surface area contributed by atoms with Gasteiger partial charge in [0.05, 0.1) is 7.11 Å². The number of carbonyl (C=O) groups excluding carboxylic acids is 2. The second-order valence-corrected chi connectivity index (χ2v) is 4.79. The first-order chi connectivity index (χ1) is 6.95. The maximum absolute atomic E-state index is 11.3. The highest BCUT2D eigenvalue weighted by Gasteiger charge is 2.37. The van der Waals surface area contributed by atoms with E-state index >= 15 is 0 Å². The van der Waals surface area contributed by atoms with Crippen molar-refractivity contribution < 1.29 is 14.3 Å². The Hall–Kier alpha value is -1.06. The number of nitrogens with one attached hydrogen (secondary N) is 1. The van der Waals surface area contributed by atoms with Crippen molar-refractivity contribution >= 4 is 11.9 Å². The van der Waals surface area contributed by atoms with Gasteiger partial charge in [0.25, 0.3) is 0 Å². The van der Waals surface area contributed by atoms with E-state index in [-0.39, 0.29) is 17.7 Å². The Bertz CT molecular complexity index is 257. The van der Waals surface area contributed by atoms with E-state index < -0.39 is 5.97 Å². The van der Waals surface area contributed by atoms with Gasteiger partial charge in [0.15, 0.2) is 0 Å². The van der Waals surface area contributed by atoms with Crippen LogP contribution in [0.2, 0.25) is 0 Å². The third kappa shape index (κ3) is 3.90. The minimum atomic E-state index is -0.489. The van der Waals surface area contributed by atoms with Crippen LogP contribution in [0.5, 0.6) is 0 Å². The van der Waals surface area contributed by atoms with Crippen molar-refractivity contribution in [1.29, 1.82) is 0 Å². The summed E-state index contributed by atoms with van der Waals surface area (Å²) in [6.45, 7) is 4.92. The maximum Gasteiger partial charge on any atom is 0.315 e. The molecular weight excluding hydrogens is 194 g/mol. The fraction of sp³-hybridized carbons (Fsp3) is 0.818. The summed E-state index contributed by atoms with van der Waals surface area (Å²) >= 11 is 0. The fourth-order valence-electron chi connectivity index (χ4n) is 1.60. The zero-order valence-corrected chi connectivity index (χ0v) is 9.63. The zero-order valence-electron chi connectivity index (χ0n) is 9.63. The van der Waals surface area contributed by atoms with Gasteiger partial charge in [-0.2, -0.15) is 0 Å². The largest absolute Gasteiger partial charge is 0.469 e. The van der Waals surface area contributed by atoms with Crippen molar-refractivity contribution in [3.8, 4) is 0 Å². The normalized spacial score (nSPS) is 15.9. The minimum absolute atomic E-state index is 0.145. The van der Waals surface area contributed by atoms with E-state index in [9.17, 15) is 9.59 Å². The van der Waals surface area contributed by atoms with E-state index in [1.807, 2.05) is 0 Å². The van der Waals surface area contributed by atoms with Gasteiger partial charge in [-0.1, -0.05) is 13.8 Å². The zero-order chi connectivity index (χ0) is 11.5. The molecule has 1 rings (SSSR count). The van der Waals surface area contributed by atoms with Gasteiger partial charge in [-0.05, 0) is 24.2 Å². The smallest absolute Gasteiger partial charge is 0.315 e. The van der Waals surface area contributed by atoms with Gasteiger partial charge in [-0.25, -0.2) is 0 Å². The molecule has 0 saturated heterocycles. The summed E-state index contributed by atoms with van der Waals surface area (Å²) in [6.07, 6.45) is 2.32. The van der Waals surface area contributed by atoms with Crippen molar-refractivity contribution in [2.75, 3.05) is 13.7 Å². The summed E-state index contributed by atoms with van der Waals surface area (Å²) in [5.41, 5.74) is 0.145. The van der Waals surface area contributed by atoms with Gasteiger partial charge < -0.3 is 10.1 Å². The van der Waals surface area contributed by atoms with Crippen LogP contribution in [0.4, 0.5) is 0 Å². The van der Waals surface area contributed by atoms with Gasteiger partial charge in [0, 0.05) is 6.54 Å². The molecule has 0 aromatic carbocycles. The number of rotatable bonds is 5. The SMILES string of the molecule is COC(=O)CC(=O)NCC(C)(C)C1CC1. The second kappa shape index (κ2) is 4.64. The molecule has 1 amide bonds. The predicted octanol–water partition coefficient (Wildman–Crippen LogP) is 1.10. The first kappa shape index (κ1) is 12.0. The van der Waals surface area contributed by atoms with E-state index in [1.54, 1.807) is 0 Å². The quantitative estimate of drug-likeness (QED) is 0.549. The van der Waals surface area contributed by atoms with Gasteiger partial charge in [0.1, 0.15) is 6.42 Å². The number of esters is 1. The lowest BCUT2D eigenvalue weighted by molar-refractivity contribution is -0.143. The molecule has 1 N–H and O–H groups in total. The summed E-state index contributed by atoms with van der Waals surface area (Å²) in [4.78, 5) is 22.1. The van der Waals surface area contributed by atoms with Crippen molar-refractivity contribution in [2.45, 2.75) is 33.1 Å². The molecule has 1 aliphatic rings. The molecule has 0 heterocycles. The molecule has 4 nitrogen and oxygen atoms in total. The Balaban J connectivity index is 2.24. The van der Waals surface area contributed by atoms with Crippen LogP contribution in [0.1, 0.15) is 33.1 Å². The fourth-order valence-corrected chi connectivity index (χ4v) is 1.60. The first-order valence-corrected chi connectivity index (χ1v) is 5.29. The van der Waals surface area contributed by atoms with Crippen LogP contribution >= 0.6 is 0 Å². The highest BCUT2D eigenvalue weighted by atomic mass is 16.5. The Morgan fingerprint density at radius 2 is 2.00 bits per heavy atom. The summed E-state index contributed by atoms with van der Waals surface area (Å²) < 4.78 is 4.41. The number of carbonyl (C=O) groups is 2. The summed E-state index contributed by atoms with van der Waals surface area (Å²) in [7, 11) is 1.28. The Morgan fingerprint density at radius 1 is 1.40 bits per heavy atom. The third-order valence-electron chi connectivity index (χ3n) is 2.96. The van der Waals surface area contributed by atoms with Crippen molar-refractivity contribution in [3.05, 3.63) is 0 Å².